The summed E-state index contributed by atoms with van der Waals surface area (Å²) in [6.45, 7) is 5.63. The zero-order chi connectivity index (χ0) is 15.5. The molecular formula is C17H18ClNO2. The number of amides is 1. The molecule has 0 aromatic heterocycles. The van der Waals surface area contributed by atoms with Gasteiger partial charge >= 0.3 is 0 Å². The van der Waals surface area contributed by atoms with Crippen LogP contribution in [0.2, 0.25) is 5.02 Å². The smallest absolute Gasteiger partial charge is 0.229 e. The van der Waals surface area contributed by atoms with Gasteiger partial charge in [0.05, 0.1) is 0 Å². The van der Waals surface area contributed by atoms with E-state index in [-0.39, 0.29) is 5.91 Å². The Balaban J connectivity index is 2.02. The Labute approximate surface area is 129 Å². The highest BCUT2D eigenvalue weighted by atomic mass is 35.5. The summed E-state index contributed by atoms with van der Waals surface area (Å²) in [6, 6.07) is 14.4. The minimum Gasteiger partial charge on any atom is -0.457 e. The number of halogens is 1. The summed E-state index contributed by atoms with van der Waals surface area (Å²) in [5, 5.41) is 3.54. The van der Waals surface area contributed by atoms with E-state index in [2.05, 4.69) is 5.32 Å². The maximum Gasteiger partial charge on any atom is 0.229 e. The zero-order valence-electron chi connectivity index (χ0n) is 12.3. The van der Waals surface area contributed by atoms with Gasteiger partial charge in [-0.05, 0) is 48.5 Å². The molecule has 0 saturated heterocycles. The molecule has 3 nitrogen and oxygen atoms in total. The van der Waals surface area contributed by atoms with Gasteiger partial charge < -0.3 is 10.1 Å². The highest BCUT2D eigenvalue weighted by Gasteiger charge is 2.20. The zero-order valence-corrected chi connectivity index (χ0v) is 13.1. The standard InChI is InChI=1S/C17H18ClNO2/c1-17(2,3)16(20)19-13-6-10-15(11-7-13)21-14-8-4-12(18)5-9-14/h4-11H,1-3H3,(H,19,20). The molecule has 0 fully saturated rings. The molecule has 0 aliphatic carbocycles. The summed E-state index contributed by atoms with van der Waals surface area (Å²) in [5.41, 5.74) is 0.330. The Morgan fingerprint density at radius 3 is 1.90 bits per heavy atom. The van der Waals surface area contributed by atoms with Gasteiger partial charge in [-0.2, -0.15) is 0 Å². The van der Waals surface area contributed by atoms with Crippen molar-refractivity contribution in [3.8, 4) is 11.5 Å². The van der Waals surface area contributed by atoms with Crippen molar-refractivity contribution in [1.82, 2.24) is 0 Å². The van der Waals surface area contributed by atoms with Crippen LogP contribution in [0.25, 0.3) is 0 Å². The molecule has 1 amide bonds. The molecule has 0 heterocycles. The minimum absolute atomic E-state index is 0.0196. The van der Waals surface area contributed by atoms with Crippen LogP contribution in [-0.4, -0.2) is 5.91 Å². The first-order valence-corrected chi connectivity index (χ1v) is 7.07. The molecule has 2 aromatic rings. The number of benzene rings is 2. The van der Waals surface area contributed by atoms with Gasteiger partial charge in [-0.3, -0.25) is 4.79 Å². The highest BCUT2D eigenvalue weighted by Crippen LogP contribution is 2.25. The quantitative estimate of drug-likeness (QED) is 0.855. The maximum absolute atomic E-state index is 11.9. The van der Waals surface area contributed by atoms with Crippen LogP contribution < -0.4 is 10.1 Å². The van der Waals surface area contributed by atoms with E-state index in [9.17, 15) is 4.79 Å². The molecule has 0 aliphatic heterocycles. The van der Waals surface area contributed by atoms with Gasteiger partial charge in [-0.1, -0.05) is 32.4 Å². The Morgan fingerprint density at radius 1 is 0.952 bits per heavy atom. The van der Waals surface area contributed by atoms with Crippen molar-refractivity contribution in [3.05, 3.63) is 53.6 Å². The lowest BCUT2D eigenvalue weighted by molar-refractivity contribution is -0.123. The third kappa shape index (κ3) is 4.50. The molecule has 2 rings (SSSR count). The first-order chi connectivity index (χ1) is 9.84. The molecule has 1 N–H and O–H groups in total. The number of rotatable bonds is 3. The Kier molecular flexibility index (Phi) is 4.53. The number of anilines is 1. The second kappa shape index (κ2) is 6.19. The van der Waals surface area contributed by atoms with Gasteiger partial charge in [0.1, 0.15) is 11.5 Å². The number of hydrogen-bond acceptors (Lipinski definition) is 2. The van der Waals surface area contributed by atoms with E-state index in [4.69, 9.17) is 16.3 Å². The fourth-order valence-corrected chi connectivity index (χ4v) is 1.69. The van der Waals surface area contributed by atoms with Crippen molar-refractivity contribution in [2.45, 2.75) is 20.8 Å². The van der Waals surface area contributed by atoms with Crippen LogP contribution in [0.15, 0.2) is 48.5 Å². The van der Waals surface area contributed by atoms with Crippen LogP contribution in [-0.2, 0) is 4.79 Å². The van der Waals surface area contributed by atoms with Gasteiger partial charge in [-0.15, -0.1) is 0 Å². The van der Waals surface area contributed by atoms with E-state index in [0.29, 0.717) is 16.5 Å². The van der Waals surface area contributed by atoms with Gasteiger partial charge in [0.15, 0.2) is 0 Å². The second-order valence-electron chi connectivity index (χ2n) is 5.78. The summed E-state index contributed by atoms with van der Waals surface area (Å²) >= 11 is 5.82. The molecule has 0 spiro atoms. The van der Waals surface area contributed by atoms with Crippen LogP contribution in [0.4, 0.5) is 5.69 Å². The predicted octanol–water partition coefficient (Wildman–Crippen LogP) is 5.12. The average Bonchev–Trinajstić information content (AvgIpc) is 2.42. The molecule has 0 unspecified atom stereocenters. The Hall–Kier alpha value is -2.00. The summed E-state index contributed by atoms with van der Waals surface area (Å²) < 4.78 is 5.69. The number of hydrogen-bond donors (Lipinski definition) is 1. The fourth-order valence-electron chi connectivity index (χ4n) is 1.56. The van der Waals surface area contributed by atoms with E-state index in [0.717, 1.165) is 5.69 Å². The Morgan fingerprint density at radius 2 is 1.43 bits per heavy atom. The molecule has 21 heavy (non-hydrogen) atoms. The lowest BCUT2D eigenvalue weighted by Crippen LogP contribution is -2.27. The Bertz CT molecular complexity index is 613. The van der Waals surface area contributed by atoms with Gasteiger partial charge in [0.2, 0.25) is 5.91 Å². The third-order valence-corrected chi connectivity index (χ3v) is 3.09. The molecule has 4 heteroatoms. The topological polar surface area (TPSA) is 38.3 Å². The molecule has 0 aliphatic rings. The second-order valence-corrected chi connectivity index (χ2v) is 6.22. The van der Waals surface area contributed by atoms with E-state index in [1.54, 1.807) is 24.3 Å². The monoisotopic (exact) mass is 303 g/mol. The van der Waals surface area contributed by atoms with Crippen molar-refractivity contribution >= 4 is 23.2 Å². The molecule has 0 radical (unpaired) electrons. The van der Waals surface area contributed by atoms with E-state index < -0.39 is 5.41 Å². The fraction of sp³-hybridized carbons (Fsp3) is 0.235. The first kappa shape index (κ1) is 15.4. The number of nitrogens with one attached hydrogen (secondary N) is 1. The van der Waals surface area contributed by atoms with Crippen LogP contribution in [0.3, 0.4) is 0 Å². The van der Waals surface area contributed by atoms with Crippen molar-refractivity contribution in [3.63, 3.8) is 0 Å². The lowest BCUT2D eigenvalue weighted by atomic mass is 9.95. The van der Waals surface area contributed by atoms with Crippen LogP contribution in [0.1, 0.15) is 20.8 Å². The van der Waals surface area contributed by atoms with E-state index in [1.165, 1.54) is 0 Å². The SMILES string of the molecule is CC(C)(C)C(=O)Nc1ccc(Oc2ccc(Cl)cc2)cc1. The van der Waals surface area contributed by atoms with Crippen LogP contribution in [0.5, 0.6) is 11.5 Å². The van der Waals surface area contributed by atoms with Crippen molar-refractivity contribution in [2.24, 2.45) is 5.41 Å². The van der Waals surface area contributed by atoms with Gasteiger partial charge in [0, 0.05) is 16.1 Å². The molecule has 0 bridgehead atoms. The summed E-state index contributed by atoms with van der Waals surface area (Å²) in [4.78, 5) is 11.9. The molecular weight excluding hydrogens is 286 g/mol. The average molecular weight is 304 g/mol. The predicted molar refractivity (Wildman–Crippen MR) is 86.1 cm³/mol. The number of ether oxygens (including phenoxy) is 1. The van der Waals surface area contributed by atoms with Crippen molar-refractivity contribution < 1.29 is 9.53 Å². The molecule has 2 aromatic carbocycles. The summed E-state index contributed by atoms with van der Waals surface area (Å²) in [7, 11) is 0. The van der Waals surface area contributed by atoms with Crippen LogP contribution in [0, 0.1) is 5.41 Å². The van der Waals surface area contributed by atoms with Crippen molar-refractivity contribution in [1.29, 1.82) is 0 Å². The normalized spacial score (nSPS) is 11.0. The summed E-state index contributed by atoms with van der Waals surface area (Å²) in [5.74, 6) is 1.39. The molecule has 0 saturated carbocycles. The van der Waals surface area contributed by atoms with Crippen molar-refractivity contribution in [2.75, 3.05) is 5.32 Å². The highest BCUT2D eigenvalue weighted by molar-refractivity contribution is 6.30. The van der Waals surface area contributed by atoms with Gasteiger partial charge in [0.25, 0.3) is 0 Å². The largest absolute Gasteiger partial charge is 0.457 e. The molecule has 110 valence electrons. The molecule has 0 atom stereocenters. The van der Waals surface area contributed by atoms with E-state index >= 15 is 0 Å². The van der Waals surface area contributed by atoms with Crippen LogP contribution >= 0.6 is 11.6 Å². The maximum atomic E-state index is 11.9. The number of carbonyl (C=O) groups excluding carboxylic acids is 1. The summed E-state index contributed by atoms with van der Waals surface area (Å²) in [6.07, 6.45) is 0. The third-order valence-electron chi connectivity index (χ3n) is 2.84. The van der Waals surface area contributed by atoms with Gasteiger partial charge in [-0.25, -0.2) is 0 Å². The lowest BCUT2D eigenvalue weighted by Gasteiger charge is -2.17. The van der Waals surface area contributed by atoms with E-state index in [1.807, 2.05) is 45.0 Å². The number of carbonyl (C=O) groups is 1. The minimum atomic E-state index is -0.418. The first-order valence-electron chi connectivity index (χ1n) is 6.69.